The van der Waals surface area contributed by atoms with E-state index in [1.807, 2.05) is 0 Å². The molecule has 1 aromatic carbocycles. The highest BCUT2D eigenvalue weighted by molar-refractivity contribution is 6.30. The number of nitrogens with one attached hydrogen (secondary N) is 1. The van der Waals surface area contributed by atoms with E-state index in [1.165, 1.54) is 6.07 Å². The lowest BCUT2D eigenvalue weighted by Gasteiger charge is -2.27. The quantitative estimate of drug-likeness (QED) is 0.801. The number of aliphatic carboxylic acids is 1. The van der Waals surface area contributed by atoms with Crippen molar-refractivity contribution in [1.29, 1.82) is 0 Å². The normalized spacial score (nSPS) is 16.2. The molecule has 7 nitrogen and oxygen atoms in total. The number of benzene rings is 1. The van der Waals surface area contributed by atoms with E-state index in [-0.39, 0.29) is 18.2 Å². The third-order valence-electron chi connectivity index (χ3n) is 4.49. The number of amides is 1. The fourth-order valence-electron chi connectivity index (χ4n) is 3.03. The van der Waals surface area contributed by atoms with Crippen LogP contribution in [0.1, 0.15) is 23.4 Å². The van der Waals surface area contributed by atoms with Crippen molar-refractivity contribution >= 4 is 23.5 Å². The van der Waals surface area contributed by atoms with Crippen LogP contribution in [0, 0.1) is 11.8 Å². The SMILES string of the molecule is O=C(NCC(C(=O)O)C1CCOCC1)c1cc(-c2cccc(Cl)c2)no1. The van der Waals surface area contributed by atoms with Crippen molar-refractivity contribution in [3.63, 3.8) is 0 Å². The van der Waals surface area contributed by atoms with Crippen molar-refractivity contribution in [1.82, 2.24) is 10.5 Å². The Balaban J connectivity index is 1.63. The number of ether oxygens (including phenoxy) is 1. The molecule has 0 bridgehead atoms. The predicted octanol–water partition coefficient (Wildman–Crippen LogP) is 2.85. The van der Waals surface area contributed by atoms with Gasteiger partial charge in [-0.3, -0.25) is 9.59 Å². The number of carbonyl (C=O) groups is 2. The second-order valence-electron chi connectivity index (χ2n) is 6.19. The van der Waals surface area contributed by atoms with Gasteiger partial charge in [0.2, 0.25) is 5.76 Å². The summed E-state index contributed by atoms with van der Waals surface area (Å²) in [4.78, 5) is 23.8. The Morgan fingerprint density at radius 1 is 1.31 bits per heavy atom. The average molecular weight is 379 g/mol. The monoisotopic (exact) mass is 378 g/mol. The van der Waals surface area contributed by atoms with Gasteiger partial charge < -0.3 is 19.7 Å². The minimum Gasteiger partial charge on any atom is -0.481 e. The van der Waals surface area contributed by atoms with Crippen molar-refractivity contribution < 1.29 is 24.0 Å². The van der Waals surface area contributed by atoms with Gasteiger partial charge in [-0.1, -0.05) is 28.9 Å². The molecule has 2 aromatic rings. The summed E-state index contributed by atoms with van der Waals surface area (Å²) in [5.41, 5.74) is 1.21. The summed E-state index contributed by atoms with van der Waals surface area (Å²) >= 11 is 5.95. The van der Waals surface area contributed by atoms with Crippen molar-refractivity contribution in [3.8, 4) is 11.3 Å². The summed E-state index contributed by atoms with van der Waals surface area (Å²) in [5, 5.41) is 16.5. The first-order valence-electron chi connectivity index (χ1n) is 8.36. The summed E-state index contributed by atoms with van der Waals surface area (Å²) < 4.78 is 10.4. The zero-order valence-corrected chi connectivity index (χ0v) is 14.7. The van der Waals surface area contributed by atoms with Crippen LogP contribution in [0.15, 0.2) is 34.9 Å². The Kier molecular flexibility index (Phi) is 5.90. The first kappa shape index (κ1) is 18.4. The van der Waals surface area contributed by atoms with E-state index < -0.39 is 17.8 Å². The second kappa shape index (κ2) is 8.33. The number of halogens is 1. The Labute approximate surface area is 155 Å². The maximum Gasteiger partial charge on any atom is 0.308 e. The molecule has 0 aliphatic carbocycles. The van der Waals surface area contributed by atoms with Gasteiger partial charge >= 0.3 is 5.97 Å². The lowest BCUT2D eigenvalue weighted by atomic mass is 9.86. The van der Waals surface area contributed by atoms with E-state index in [4.69, 9.17) is 20.9 Å². The number of hydrogen-bond donors (Lipinski definition) is 2. The standard InChI is InChI=1S/C18H19ClN2O5/c19-13-3-1-2-12(8-13)15-9-16(26-21-15)17(22)20-10-14(18(23)24)11-4-6-25-7-5-11/h1-3,8-9,11,14H,4-7,10H2,(H,20,22)(H,23,24). The number of carbonyl (C=O) groups excluding carboxylic acids is 1. The zero-order chi connectivity index (χ0) is 18.5. The fourth-order valence-corrected chi connectivity index (χ4v) is 3.22. The summed E-state index contributed by atoms with van der Waals surface area (Å²) in [6.07, 6.45) is 1.35. The zero-order valence-electron chi connectivity index (χ0n) is 14.0. The number of rotatable bonds is 6. The summed E-state index contributed by atoms with van der Waals surface area (Å²) in [6.45, 7) is 1.13. The molecule has 0 saturated carbocycles. The van der Waals surface area contributed by atoms with Gasteiger partial charge in [-0.2, -0.15) is 0 Å². The van der Waals surface area contributed by atoms with E-state index in [0.717, 1.165) is 5.56 Å². The highest BCUT2D eigenvalue weighted by Crippen LogP contribution is 2.25. The maximum atomic E-state index is 12.3. The molecule has 2 heterocycles. The van der Waals surface area contributed by atoms with Crippen LogP contribution in [-0.4, -0.2) is 41.9 Å². The van der Waals surface area contributed by atoms with Crippen LogP contribution in [0.2, 0.25) is 5.02 Å². The highest BCUT2D eigenvalue weighted by atomic mass is 35.5. The molecule has 0 spiro atoms. The molecular weight excluding hydrogens is 360 g/mol. The third-order valence-corrected chi connectivity index (χ3v) is 4.72. The second-order valence-corrected chi connectivity index (χ2v) is 6.63. The number of carboxylic acids is 1. The van der Waals surface area contributed by atoms with Gasteiger partial charge in [0.05, 0.1) is 5.92 Å². The molecule has 1 unspecified atom stereocenters. The number of carboxylic acid groups (broad SMARTS) is 1. The molecule has 1 atom stereocenters. The maximum absolute atomic E-state index is 12.3. The molecule has 1 fully saturated rings. The average Bonchev–Trinajstić information content (AvgIpc) is 3.13. The van der Waals surface area contributed by atoms with E-state index in [2.05, 4.69) is 10.5 Å². The summed E-state index contributed by atoms with van der Waals surface area (Å²) in [7, 11) is 0. The molecule has 2 N–H and O–H groups in total. The van der Waals surface area contributed by atoms with Gasteiger partial charge in [-0.25, -0.2) is 0 Å². The van der Waals surface area contributed by atoms with Crippen molar-refractivity contribution in [2.75, 3.05) is 19.8 Å². The van der Waals surface area contributed by atoms with Crippen LogP contribution >= 0.6 is 11.6 Å². The minimum absolute atomic E-state index is 0.0155. The van der Waals surface area contributed by atoms with Gasteiger partial charge in [0.1, 0.15) is 5.69 Å². The largest absolute Gasteiger partial charge is 0.481 e. The van der Waals surface area contributed by atoms with Crippen LogP contribution < -0.4 is 5.32 Å². The lowest BCUT2D eigenvalue weighted by molar-refractivity contribution is -0.144. The Bertz CT molecular complexity index is 785. The highest BCUT2D eigenvalue weighted by Gasteiger charge is 2.30. The predicted molar refractivity (Wildman–Crippen MR) is 94.0 cm³/mol. The van der Waals surface area contributed by atoms with Crippen LogP contribution in [0.3, 0.4) is 0 Å². The number of hydrogen-bond acceptors (Lipinski definition) is 5. The molecule has 1 aliphatic rings. The Morgan fingerprint density at radius 3 is 2.77 bits per heavy atom. The van der Waals surface area contributed by atoms with Crippen molar-refractivity contribution in [2.24, 2.45) is 11.8 Å². The Hall–Kier alpha value is -2.38. The van der Waals surface area contributed by atoms with Gasteiger partial charge in [-0.15, -0.1) is 0 Å². The first-order valence-corrected chi connectivity index (χ1v) is 8.74. The van der Waals surface area contributed by atoms with E-state index in [0.29, 0.717) is 36.8 Å². The third kappa shape index (κ3) is 4.42. The molecule has 26 heavy (non-hydrogen) atoms. The van der Waals surface area contributed by atoms with Crippen LogP contribution in [0.5, 0.6) is 0 Å². The molecule has 1 aliphatic heterocycles. The summed E-state index contributed by atoms with van der Waals surface area (Å²) in [6, 6.07) is 8.54. The van der Waals surface area contributed by atoms with Crippen LogP contribution in [0.25, 0.3) is 11.3 Å². The van der Waals surface area contributed by atoms with Crippen molar-refractivity contribution in [2.45, 2.75) is 12.8 Å². The molecule has 0 radical (unpaired) electrons. The fraction of sp³-hybridized carbons (Fsp3) is 0.389. The number of aromatic nitrogens is 1. The Morgan fingerprint density at radius 2 is 2.08 bits per heavy atom. The molecule has 1 aromatic heterocycles. The first-order chi connectivity index (χ1) is 12.5. The van der Waals surface area contributed by atoms with Crippen molar-refractivity contribution in [3.05, 3.63) is 41.1 Å². The molecule has 1 saturated heterocycles. The lowest BCUT2D eigenvalue weighted by Crippen LogP contribution is -2.38. The summed E-state index contributed by atoms with van der Waals surface area (Å²) in [5.74, 6) is -2.06. The topological polar surface area (TPSA) is 102 Å². The van der Waals surface area contributed by atoms with Gasteiger partial charge in [0.25, 0.3) is 5.91 Å². The molecule has 8 heteroatoms. The van der Waals surface area contributed by atoms with E-state index >= 15 is 0 Å². The van der Waals surface area contributed by atoms with E-state index in [9.17, 15) is 14.7 Å². The smallest absolute Gasteiger partial charge is 0.308 e. The van der Waals surface area contributed by atoms with Gasteiger partial charge in [-0.05, 0) is 30.9 Å². The molecule has 138 valence electrons. The molecule has 3 rings (SSSR count). The van der Waals surface area contributed by atoms with Gasteiger partial charge in [0, 0.05) is 36.4 Å². The van der Waals surface area contributed by atoms with E-state index in [1.54, 1.807) is 24.3 Å². The minimum atomic E-state index is -0.922. The molecular formula is C18H19ClN2O5. The van der Waals surface area contributed by atoms with Crippen LogP contribution in [-0.2, 0) is 9.53 Å². The molecule has 1 amide bonds. The van der Waals surface area contributed by atoms with Gasteiger partial charge in [0.15, 0.2) is 0 Å². The number of nitrogens with zero attached hydrogens (tertiary/aromatic N) is 1. The van der Waals surface area contributed by atoms with Crippen LogP contribution in [0.4, 0.5) is 0 Å².